The maximum absolute atomic E-state index is 12.4. The monoisotopic (exact) mass is 289 g/mol. The second-order valence-corrected chi connectivity index (χ2v) is 5.23. The standard InChI is InChI=1S/C15H19N3O3/c1-10-5-4-6-12-14(10)17(3)15(21)18(12)11(2)7-8-13(20)16-9-19/h4-6,9,11H,7-8H2,1-3H3,(H,16,19,20). The summed E-state index contributed by atoms with van der Waals surface area (Å²) in [5, 5.41) is 2.11. The molecule has 1 unspecified atom stereocenters. The molecule has 1 aromatic carbocycles. The maximum Gasteiger partial charge on any atom is 0.329 e. The van der Waals surface area contributed by atoms with Crippen molar-refractivity contribution in [2.24, 2.45) is 7.05 Å². The summed E-state index contributed by atoms with van der Waals surface area (Å²) in [6.45, 7) is 3.87. The van der Waals surface area contributed by atoms with E-state index in [1.165, 1.54) is 0 Å². The number of imidazole rings is 1. The quantitative estimate of drug-likeness (QED) is 0.842. The fourth-order valence-electron chi connectivity index (χ4n) is 2.67. The Bertz CT molecular complexity index is 742. The first-order chi connectivity index (χ1) is 9.97. The molecule has 21 heavy (non-hydrogen) atoms. The van der Waals surface area contributed by atoms with E-state index in [4.69, 9.17) is 0 Å². The number of benzene rings is 1. The maximum atomic E-state index is 12.4. The van der Waals surface area contributed by atoms with E-state index in [1.54, 1.807) is 16.2 Å². The lowest BCUT2D eigenvalue weighted by atomic mass is 10.1. The highest BCUT2D eigenvalue weighted by Crippen LogP contribution is 2.21. The van der Waals surface area contributed by atoms with Crippen LogP contribution in [0.25, 0.3) is 11.0 Å². The Morgan fingerprint density at radius 3 is 2.81 bits per heavy atom. The molecule has 2 aromatic rings. The van der Waals surface area contributed by atoms with Crippen LogP contribution in [0.15, 0.2) is 23.0 Å². The van der Waals surface area contributed by atoms with E-state index in [0.717, 1.165) is 16.6 Å². The van der Waals surface area contributed by atoms with E-state index in [0.29, 0.717) is 12.8 Å². The van der Waals surface area contributed by atoms with Crippen LogP contribution in [0.3, 0.4) is 0 Å². The predicted octanol–water partition coefficient (Wildman–Crippen LogP) is 1.26. The Morgan fingerprint density at radius 1 is 1.43 bits per heavy atom. The lowest BCUT2D eigenvalue weighted by Gasteiger charge is -2.13. The molecular formula is C15H19N3O3. The van der Waals surface area contributed by atoms with Crippen molar-refractivity contribution < 1.29 is 9.59 Å². The topological polar surface area (TPSA) is 73.1 Å². The van der Waals surface area contributed by atoms with Crippen LogP contribution in [0.2, 0.25) is 0 Å². The summed E-state index contributed by atoms with van der Waals surface area (Å²) in [6, 6.07) is 5.67. The Hall–Kier alpha value is -2.37. The number of imide groups is 1. The molecule has 0 radical (unpaired) electrons. The molecule has 0 aliphatic heterocycles. The minimum Gasteiger partial charge on any atom is -0.299 e. The Balaban J connectivity index is 2.36. The number of nitrogens with one attached hydrogen (secondary N) is 1. The van der Waals surface area contributed by atoms with Crippen LogP contribution in [0, 0.1) is 6.92 Å². The molecule has 2 rings (SSSR count). The van der Waals surface area contributed by atoms with Crippen LogP contribution in [-0.4, -0.2) is 21.5 Å². The van der Waals surface area contributed by atoms with Gasteiger partial charge in [-0.3, -0.25) is 24.0 Å². The molecule has 0 fully saturated rings. The van der Waals surface area contributed by atoms with Crippen molar-refractivity contribution in [3.05, 3.63) is 34.2 Å². The number of carbonyl (C=O) groups is 2. The van der Waals surface area contributed by atoms with Gasteiger partial charge in [-0.05, 0) is 31.9 Å². The molecule has 2 amide bonds. The Morgan fingerprint density at radius 2 is 2.14 bits per heavy atom. The van der Waals surface area contributed by atoms with Crippen molar-refractivity contribution in [1.82, 2.24) is 14.5 Å². The number of aryl methyl sites for hydroxylation is 2. The molecule has 1 aromatic heterocycles. The molecule has 6 heteroatoms. The van der Waals surface area contributed by atoms with Gasteiger partial charge < -0.3 is 0 Å². The molecule has 0 saturated carbocycles. The number of nitrogens with zero attached hydrogens (tertiary/aromatic N) is 2. The summed E-state index contributed by atoms with van der Waals surface area (Å²) in [4.78, 5) is 34.0. The zero-order chi connectivity index (χ0) is 15.6. The minimum absolute atomic E-state index is 0.0948. The number of hydrogen-bond donors (Lipinski definition) is 1. The van der Waals surface area contributed by atoms with E-state index in [2.05, 4.69) is 5.32 Å². The lowest BCUT2D eigenvalue weighted by molar-refractivity contribution is -0.125. The van der Waals surface area contributed by atoms with Crippen molar-refractivity contribution in [1.29, 1.82) is 0 Å². The summed E-state index contributed by atoms with van der Waals surface area (Å²) in [6.07, 6.45) is 1.07. The zero-order valence-electron chi connectivity index (χ0n) is 12.4. The number of fused-ring (bicyclic) bond motifs is 1. The van der Waals surface area contributed by atoms with Crippen LogP contribution >= 0.6 is 0 Å². The number of amides is 2. The van der Waals surface area contributed by atoms with Crippen LogP contribution in [0.1, 0.15) is 31.4 Å². The molecule has 112 valence electrons. The van der Waals surface area contributed by atoms with Gasteiger partial charge in [-0.25, -0.2) is 4.79 Å². The van der Waals surface area contributed by atoms with Gasteiger partial charge in [0.15, 0.2) is 0 Å². The van der Waals surface area contributed by atoms with Gasteiger partial charge in [0.2, 0.25) is 12.3 Å². The van der Waals surface area contributed by atoms with Crippen molar-refractivity contribution in [2.75, 3.05) is 0 Å². The third-order valence-corrected chi connectivity index (χ3v) is 3.75. The first-order valence-electron chi connectivity index (χ1n) is 6.87. The number of rotatable bonds is 5. The highest BCUT2D eigenvalue weighted by atomic mass is 16.2. The van der Waals surface area contributed by atoms with Crippen LogP contribution in [0.4, 0.5) is 0 Å². The first kappa shape index (κ1) is 15.0. The van der Waals surface area contributed by atoms with E-state index < -0.39 is 0 Å². The van der Waals surface area contributed by atoms with Crippen molar-refractivity contribution in [3.8, 4) is 0 Å². The molecule has 1 atom stereocenters. The highest BCUT2D eigenvalue weighted by molar-refractivity contribution is 5.85. The number of para-hydroxylation sites is 1. The molecule has 1 heterocycles. The third kappa shape index (κ3) is 2.74. The van der Waals surface area contributed by atoms with Gasteiger partial charge in [0, 0.05) is 19.5 Å². The van der Waals surface area contributed by atoms with E-state index in [9.17, 15) is 14.4 Å². The molecular weight excluding hydrogens is 270 g/mol. The van der Waals surface area contributed by atoms with Crippen LogP contribution in [0.5, 0.6) is 0 Å². The van der Waals surface area contributed by atoms with Crippen molar-refractivity contribution in [3.63, 3.8) is 0 Å². The van der Waals surface area contributed by atoms with Gasteiger partial charge in [0.25, 0.3) is 0 Å². The fourth-order valence-corrected chi connectivity index (χ4v) is 2.67. The molecule has 0 bridgehead atoms. The smallest absolute Gasteiger partial charge is 0.299 e. The molecule has 0 aliphatic rings. The average molecular weight is 289 g/mol. The average Bonchev–Trinajstić information content (AvgIpc) is 2.70. The highest BCUT2D eigenvalue weighted by Gasteiger charge is 2.17. The second kappa shape index (κ2) is 5.95. The normalized spacial score (nSPS) is 12.3. The van der Waals surface area contributed by atoms with E-state index in [-0.39, 0.29) is 24.1 Å². The minimum atomic E-state index is -0.332. The number of aromatic nitrogens is 2. The summed E-state index contributed by atoms with van der Waals surface area (Å²) in [7, 11) is 1.75. The SMILES string of the molecule is Cc1cccc2c1n(C)c(=O)n2C(C)CCC(=O)NC=O. The summed E-state index contributed by atoms with van der Waals surface area (Å²) in [5.74, 6) is -0.332. The number of carbonyl (C=O) groups excluding carboxylic acids is 2. The Kier molecular flexibility index (Phi) is 4.26. The molecule has 0 spiro atoms. The third-order valence-electron chi connectivity index (χ3n) is 3.75. The van der Waals surface area contributed by atoms with Gasteiger partial charge in [0.05, 0.1) is 11.0 Å². The van der Waals surface area contributed by atoms with E-state index in [1.807, 2.05) is 32.0 Å². The molecule has 6 nitrogen and oxygen atoms in total. The summed E-state index contributed by atoms with van der Waals surface area (Å²) in [5.41, 5.74) is 2.72. The summed E-state index contributed by atoms with van der Waals surface area (Å²) < 4.78 is 3.34. The molecule has 0 saturated heterocycles. The second-order valence-electron chi connectivity index (χ2n) is 5.23. The van der Waals surface area contributed by atoms with Gasteiger partial charge in [-0.2, -0.15) is 0 Å². The fraction of sp³-hybridized carbons (Fsp3) is 0.400. The van der Waals surface area contributed by atoms with Gasteiger partial charge in [-0.1, -0.05) is 12.1 Å². The van der Waals surface area contributed by atoms with E-state index >= 15 is 0 Å². The molecule has 0 aliphatic carbocycles. The first-order valence-corrected chi connectivity index (χ1v) is 6.87. The van der Waals surface area contributed by atoms with Crippen LogP contribution in [-0.2, 0) is 16.6 Å². The Labute approximate surface area is 122 Å². The van der Waals surface area contributed by atoms with Crippen molar-refractivity contribution in [2.45, 2.75) is 32.7 Å². The van der Waals surface area contributed by atoms with Gasteiger partial charge in [-0.15, -0.1) is 0 Å². The largest absolute Gasteiger partial charge is 0.329 e. The van der Waals surface area contributed by atoms with Crippen LogP contribution < -0.4 is 11.0 Å². The van der Waals surface area contributed by atoms with Crippen molar-refractivity contribution >= 4 is 23.4 Å². The zero-order valence-corrected chi connectivity index (χ0v) is 12.4. The lowest BCUT2D eigenvalue weighted by Crippen LogP contribution is -2.27. The summed E-state index contributed by atoms with van der Waals surface area (Å²) >= 11 is 0. The molecule has 1 N–H and O–H groups in total. The number of hydrogen-bond acceptors (Lipinski definition) is 3. The van der Waals surface area contributed by atoms with Gasteiger partial charge in [0.1, 0.15) is 0 Å². The van der Waals surface area contributed by atoms with Gasteiger partial charge >= 0.3 is 5.69 Å². The predicted molar refractivity (Wildman–Crippen MR) is 80.1 cm³/mol.